The molecule has 1 aromatic rings. The molecule has 0 saturated carbocycles. The summed E-state index contributed by atoms with van der Waals surface area (Å²) < 4.78 is 37.1. The van der Waals surface area contributed by atoms with E-state index in [-0.39, 0.29) is 10.5 Å². The minimum atomic E-state index is -4.64. The summed E-state index contributed by atoms with van der Waals surface area (Å²) >= 11 is 0. The first-order valence-electron chi connectivity index (χ1n) is 5.89. The van der Waals surface area contributed by atoms with Gasteiger partial charge in [0.2, 0.25) is 0 Å². The van der Waals surface area contributed by atoms with Crippen molar-refractivity contribution in [2.45, 2.75) is 19.5 Å². The molecule has 0 bridgehead atoms. The topological polar surface area (TPSA) is 57.6 Å². The molecule has 1 N–H and O–H groups in total. The van der Waals surface area contributed by atoms with Crippen molar-refractivity contribution >= 4 is 11.9 Å². The predicted octanol–water partition coefficient (Wildman–Crippen LogP) is 2.34. The molecule has 110 valence electrons. The molecule has 4 nitrogen and oxygen atoms in total. The molecule has 0 saturated heterocycles. The lowest BCUT2D eigenvalue weighted by molar-refractivity contribution is -0.149. The first-order chi connectivity index (χ1) is 9.23. The first-order valence-corrected chi connectivity index (χ1v) is 5.89. The highest BCUT2D eigenvalue weighted by Gasteiger charge is 2.34. The number of aliphatic carboxylic acids is 1. The number of nitrogens with zero attached hydrogens (tertiary/aromatic N) is 1. The van der Waals surface area contributed by atoms with Crippen LogP contribution >= 0.6 is 0 Å². The number of aryl methyl sites for hydroxylation is 1. The average Bonchev–Trinajstić information content (AvgIpc) is 2.35. The summed E-state index contributed by atoms with van der Waals surface area (Å²) in [5.74, 6) is -2.44. The number of alkyl halides is 3. The van der Waals surface area contributed by atoms with E-state index in [0.717, 1.165) is 12.0 Å². The van der Waals surface area contributed by atoms with Crippen molar-refractivity contribution in [3.8, 4) is 0 Å². The van der Waals surface area contributed by atoms with Gasteiger partial charge in [-0.05, 0) is 24.1 Å². The van der Waals surface area contributed by atoms with Gasteiger partial charge in [0.15, 0.2) is 0 Å². The monoisotopic (exact) mass is 289 g/mol. The lowest BCUT2D eigenvalue weighted by Gasteiger charge is -2.22. The van der Waals surface area contributed by atoms with Gasteiger partial charge in [-0.1, -0.05) is 19.1 Å². The van der Waals surface area contributed by atoms with E-state index < -0.39 is 31.1 Å². The van der Waals surface area contributed by atoms with Crippen molar-refractivity contribution in [2.75, 3.05) is 13.1 Å². The van der Waals surface area contributed by atoms with E-state index in [0.29, 0.717) is 0 Å². The fourth-order valence-corrected chi connectivity index (χ4v) is 1.64. The van der Waals surface area contributed by atoms with Crippen LogP contribution < -0.4 is 0 Å². The van der Waals surface area contributed by atoms with Crippen LogP contribution in [0.25, 0.3) is 0 Å². The number of rotatable bonds is 5. The number of carboxylic acid groups (broad SMARTS) is 1. The zero-order chi connectivity index (χ0) is 15.3. The molecule has 0 spiro atoms. The Morgan fingerprint density at radius 2 is 1.75 bits per heavy atom. The third-order valence-electron chi connectivity index (χ3n) is 2.59. The van der Waals surface area contributed by atoms with Gasteiger partial charge in [-0.3, -0.25) is 9.59 Å². The van der Waals surface area contributed by atoms with Gasteiger partial charge in [0.25, 0.3) is 5.91 Å². The average molecular weight is 289 g/mol. The molecule has 1 rings (SSSR count). The van der Waals surface area contributed by atoms with Crippen LogP contribution in [0, 0.1) is 0 Å². The molecule has 1 aromatic carbocycles. The number of carboxylic acids is 1. The highest BCUT2D eigenvalue weighted by molar-refractivity contribution is 5.95. The number of carbonyl (C=O) groups excluding carboxylic acids is 1. The summed E-state index contributed by atoms with van der Waals surface area (Å²) in [4.78, 5) is 22.8. The lowest BCUT2D eigenvalue weighted by Crippen LogP contribution is -2.42. The molecule has 0 unspecified atom stereocenters. The van der Waals surface area contributed by atoms with Gasteiger partial charge in [-0.25, -0.2) is 0 Å². The van der Waals surface area contributed by atoms with E-state index in [4.69, 9.17) is 5.11 Å². The molecular weight excluding hydrogens is 275 g/mol. The third-order valence-corrected chi connectivity index (χ3v) is 2.59. The summed E-state index contributed by atoms with van der Waals surface area (Å²) in [6, 6.07) is 6.04. The molecule has 0 heterocycles. The number of benzene rings is 1. The van der Waals surface area contributed by atoms with Crippen molar-refractivity contribution < 1.29 is 27.9 Å². The van der Waals surface area contributed by atoms with Crippen molar-refractivity contribution in [3.63, 3.8) is 0 Å². The van der Waals surface area contributed by atoms with Gasteiger partial charge < -0.3 is 10.0 Å². The van der Waals surface area contributed by atoms with E-state index in [1.54, 1.807) is 12.1 Å². The molecule has 0 aliphatic heterocycles. The maximum Gasteiger partial charge on any atom is 0.406 e. The maximum absolute atomic E-state index is 12.4. The number of hydrogen-bond acceptors (Lipinski definition) is 2. The highest BCUT2D eigenvalue weighted by Crippen LogP contribution is 2.18. The van der Waals surface area contributed by atoms with Crippen molar-refractivity contribution in [1.29, 1.82) is 0 Å². The minimum Gasteiger partial charge on any atom is -0.480 e. The maximum atomic E-state index is 12.4. The second-order valence-corrected chi connectivity index (χ2v) is 4.22. The number of hydrogen-bond donors (Lipinski definition) is 1. The molecule has 0 aliphatic carbocycles. The smallest absolute Gasteiger partial charge is 0.406 e. The Labute approximate surface area is 113 Å². The van der Waals surface area contributed by atoms with Gasteiger partial charge >= 0.3 is 12.1 Å². The molecule has 0 aliphatic rings. The second-order valence-electron chi connectivity index (χ2n) is 4.22. The molecular formula is C13H14F3NO3. The van der Waals surface area contributed by atoms with Crippen LogP contribution in [0.1, 0.15) is 22.8 Å². The molecule has 20 heavy (non-hydrogen) atoms. The fourth-order valence-electron chi connectivity index (χ4n) is 1.64. The summed E-state index contributed by atoms with van der Waals surface area (Å²) in [6.07, 6.45) is -3.91. The number of amides is 1. The van der Waals surface area contributed by atoms with Crippen LogP contribution in [0.3, 0.4) is 0 Å². The first kappa shape index (κ1) is 16.0. The Bertz CT molecular complexity index is 483. The Kier molecular flexibility index (Phi) is 5.12. The van der Waals surface area contributed by atoms with E-state index in [1.807, 2.05) is 6.92 Å². The molecule has 1 amide bonds. The van der Waals surface area contributed by atoms with Crippen LogP contribution in [-0.2, 0) is 11.2 Å². The largest absolute Gasteiger partial charge is 0.480 e. The number of halogens is 3. The van der Waals surface area contributed by atoms with Crippen molar-refractivity contribution in [3.05, 3.63) is 35.4 Å². The zero-order valence-electron chi connectivity index (χ0n) is 10.8. The van der Waals surface area contributed by atoms with Crippen LogP contribution in [0.4, 0.5) is 13.2 Å². The van der Waals surface area contributed by atoms with Gasteiger partial charge in [0.05, 0.1) is 0 Å². The Balaban J connectivity index is 2.93. The summed E-state index contributed by atoms with van der Waals surface area (Å²) in [6.45, 7) is -0.682. The van der Waals surface area contributed by atoms with Crippen LogP contribution in [0.15, 0.2) is 24.3 Å². The van der Waals surface area contributed by atoms with Gasteiger partial charge in [0, 0.05) is 5.56 Å². The standard InChI is InChI=1S/C13H14F3NO3/c1-2-9-3-5-10(6-4-9)12(20)17(7-11(18)19)8-13(14,15)16/h3-6H,2,7-8H2,1H3,(H,18,19). The Hall–Kier alpha value is -2.05. The van der Waals surface area contributed by atoms with E-state index >= 15 is 0 Å². The van der Waals surface area contributed by atoms with E-state index in [2.05, 4.69) is 0 Å². The normalized spacial score (nSPS) is 11.2. The molecule has 0 radical (unpaired) electrons. The van der Waals surface area contributed by atoms with Gasteiger partial charge in [0.1, 0.15) is 13.1 Å². The van der Waals surface area contributed by atoms with E-state index in [1.165, 1.54) is 12.1 Å². The summed E-state index contributed by atoms with van der Waals surface area (Å²) in [5, 5.41) is 8.60. The van der Waals surface area contributed by atoms with Crippen LogP contribution in [0.5, 0.6) is 0 Å². The second kappa shape index (κ2) is 6.40. The predicted molar refractivity (Wildman–Crippen MR) is 65.4 cm³/mol. The van der Waals surface area contributed by atoms with Crippen LogP contribution in [-0.4, -0.2) is 41.1 Å². The number of carbonyl (C=O) groups is 2. The van der Waals surface area contributed by atoms with Crippen molar-refractivity contribution in [1.82, 2.24) is 4.90 Å². The summed E-state index contributed by atoms with van der Waals surface area (Å²) in [7, 11) is 0. The summed E-state index contributed by atoms with van der Waals surface area (Å²) in [5.41, 5.74) is 0.967. The third kappa shape index (κ3) is 4.91. The molecule has 7 heteroatoms. The molecule has 0 atom stereocenters. The van der Waals surface area contributed by atoms with Crippen molar-refractivity contribution in [2.24, 2.45) is 0 Å². The van der Waals surface area contributed by atoms with E-state index in [9.17, 15) is 22.8 Å². The Morgan fingerprint density at radius 1 is 1.20 bits per heavy atom. The SMILES string of the molecule is CCc1ccc(C(=O)N(CC(=O)O)CC(F)(F)F)cc1. The molecule has 0 fully saturated rings. The Morgan fingerprint density at radius 3 is 2.15 bits per heavy atom. The lowest BCUT2D eigenvalue weighted by atomic mass is 10.1. The zero-order valence-corrected chi connectivity index (χ0v) is 10.8. The quantitative estimate of drug-likeness (QED) is 0.905. The van der Waals surface area contributed by atoms with Gasteiger partial charge in [-0.2, -0.15) is 13.2 Å². The minimum absolute atomic E-state index is 0.0349. The fraction of sp³-hybridized carbons (Fsp3) is 0.385. The van der Waals surface area contributed by atoms with Crippen LogP contribution in [0.2, 0.25) is 0 Å². The highest BCUT2D eigenvalue weighted by atomic mass is 19.4. The molecule has 0 aromatic heterocycles. The van der Waals surface area contributed by atoms with Gasteiger partial charge in [-0.15, -0.1) is 0 Å².